The number of hydrogen-bond acceptors (Lipinski definition) is 3. The minimum absolute atomic E-state index is 0. The van der Waals surface area contributed by atoms with E-state index >= 15 is 0 Å². The molecule has 2 aliphatic carbocycles. The summed E-state index contributed by atoms with van der Waals surface area (Å²) in [6.07, 6.45) is 11.1. The van der Waals surface area contributed by atoms with Gasteiger partial charge in [-0.05, 0) is 38.1 Å². The summed E-state index contributed by atoms with van der Waals surface area (Å²) in [5.41, 5.74) is -0.209. The molecule has 1 unspecified atom stereocenters. The SMILES string of the molecule is Cl.O=C1CC(NC(=O)[C@@]23CCCC[C@H]2CNC3)CN1C1CCCCC1. The number of hydrogen-bond donors (Lipinski definition) is 2. The van der Waals surface area contributed by atoms with E-state index in [9.17, 15) is 9.59 Å². The first-order chi connectivity index (χ1) is 11.7. The predicted molar refractivity (Wildman–Crippen MR) is 99.6 cm³/mol. The molecular formula is C19H32ClN3O2. The number of amides is 2. The molecule has 2 heterocycles. The number of fused-ring (bicyclic) bond motifs is 1. The Morgan fingerprint density at radius 2 is 1.88 bits per heavy atom. The zero-order valence-electron chi connectivity index (χ0n) is 15.1. The van der Waals surface area contributed by atoms with Gasteiger partial charge in [0.25, 0.3) is 0 Å². The van der Waals surface area contributed by atoms with Crippen molar-refractivity contribution in [1.29, 1.82) is 0 Å². The van der Waals surface area contributed by atoms with Crippen LogP contribution in [0.2, 0.25) is 0 Å². The molecule has 0 spiro atoms. The molecule has 6 heteroatoms. The predicted octanol–water partition coefficient (Wildman–Crippen LogP) is 2.24. The van der Waals surface area contributed by atoms with Gasteiger partial charge in [-0.25, -0.2) is 0 Å². The molecule has 5 nitrogen and oxygen atoms in total. The van der Waals surface area contributed by atoms with Crippen LogP contribution in [-0.4, -0.2) is 48.4 Å². The molecule has 4 rings (SSSR count). The van der Waals surface area contributed by atoms with Gasteiger partial charge < -0.3 is 15.5 Å². The Balaban J connectivity index is 0.00000182. The normalized spacial score (nSPS) is 36.0. The summed E-state index contributed by atoms with van der Waals surface area (Å²) in [6.45, 7) is 2.52. The minimum Gasteiger partial charge on any atom is -0.351 e. The Morgan fingerprint density at radius 3 is 2.68 bits per heavy atom. The van der Waals surface area contributed by atoms with Crippen LogP contribution in [0, 0.1) is 11.3 Å². The first kappa shape index (κ1) is 19.0. The molecule has 2 saturated carbocycles. The summed E-state index contributed by atoms with van der Waals surface area (Å²) in [5.74, 6) is 0.938. The topological polar surface area (TPSA) is 61.4 Å². The summed E-state index contributed by atoms with van der Waals surface area (Å²) >= 11 is 0. The maximum atomic E-state index is 13.1. The highest BCUT2D eigenvalue weighted by atomic mass is 35.5. The van der Waals surface area contributed by atoms with Crippen LogP contribution in [-0.2, 0) is 9.59 Å². The van der Waals surface area contributed by atoms with E-state index in [2.05, 4.69) is 15.5 Å². The van der Waals surface area contributed by atoms with Gasteiger partial charge in [-0.1, -0.05) is 32.1 Å². The summed E-state index contributed by atoms with van der Waals surface area (Å²) in [7, 11) is 0. The molecular weight excluding hydrogens is 338 g/mol. The van der Waals surface area contributed by atoms with Gasteiger partial charge in [0.15, 0.2) is 0 Å². The van der Waals surface area contributed by atoms with Crippen LogP contribution in [0.1, 0.15) is 64.2 Å². The van der Waals surface area contributed by atoms with Crippen molar-refractivity contribution in [2.24, 2.45) is 11.3 Å². The number of carbonyl (C=O) groups excluding carboxylic acids is 2. The molecule has 2 N–H and O–H groups in total. The fourth-order valence-electron chi connectivity index (χ4n) is 5.59. The summed E-state index contributed by atoms with van der Waals surface area (Å²) in [5, 5.41) is 6.71. The number of carbonyl (C=O) groups is 2. The number of nitrogens with zero attached hydrogens (tertiary/aromatic N) is 1. The second-order valence-electron chi connectivity index (χ2n) is 8.44. The average Bonchev–Trinajstić information content (AvgIpc) is 3.20. The molecule has 0 aromatic carbocycles. The highest BCUT2D eigenvalue weighted by molar-refractivity contribution is 5.86. The summed E-state index contributed by atoms with van der Waals surface area (Å²) in [4.78, 5) is 27.6. The van der Waals surface area contributed by atoms with Crippen molar-refractivity contribution in [2.75, 3.05) is 19.6 Å². The maximum Gasteiger partial charge on any atom is 0.228 e. The van der Waals surface area contributed by atoms with Crippen LogP contribution in [0.4, 0.5) is 0 Å². The number of rotatable bonds is 3. The maximum absolute atomic E-state index is 13.1. The van der Waals surface area contributed by atoms with Crippen molar-refractivity contribution < 1.29 is 9.59 Å². The van der Waals surface area contributed by atoms with E-state index in [-0.39, 0.29) is 35.7 Å². The van der Waals surface area contributed by atoms with Crippen LogP contribution in [0.25, 0.3) is 0 Å². The van der Waals surface area contributed by atoms with Crippen molar-refractivity contribution in [3.63, 3.8) is 0 Å². The van der Waals surface area contributed by atoms with E-state index in [0.717, 1.165) is 51.7 Å². The monoisotopic (exact) mass is 369 g/mol. The standard InChI is InChI=1S/C19H31N3O2.ClH/c23-17-10-15(12-22(17)16-7-2-1-3-8-16)21-18(24)19-9-5-4-6-14(19)11-20-13-19;/h14-16,20H,1-13H2,(H,21,24);1H/t14-,15?,19+;/m0./s1. The molecule has 142 valence electrons. The average molecular weight is 370 g/mol. The van der Waals surface area contributed by atoms with E-state index < -0.39 is 0 Å². The Labute approximate surface area is 157 Å². The van der Waals surface area contributed by atoms with Crippen LogP contribution in [0.15, 0.2) is 0 Å². The van der Waals surface area contributed by atoms with Crippen molar-refractivity contribution in [2.45, 2.75) is 76.3 Å². The third kappa shape index (κ3) is 3.55. The second-order valence-corrected chi connectivity index (χ2v) is 8.44. The molecule has 25 heavy (non-hydrogen) atoms. The second kappa shape index (κ2) is 7.83. The Morgan fingerprint density at radius 1 is 1.12 bits per heavy atom. The molecule has 0 radical (unpaired) electrons. The highest BCUT2D eigenvalue weighted by Gasteiger charge is 2.50. The fraction of sp³-hybridized carbons (Fsp3) is 0.895. The molecule has 2 amide bonds. The lowest BCUT2D eigenvalue weighted by atomic mass is 9.67. The molecule has 0 bridgehead atoms. The van der Waals surface area contributed by atoms with Gasteiger partial charge in [0.05, 0.1) is 11.5 Å². The molecule has 3 atom stereocenters. The van der Waals surface area contributed by atoms with E-state index in [4.69, 9.17) is 0 Å². The fourth-order valence-corrected chi connectivity index (χ4v) is 5.59. The Kier molecular flexibility index (Phi) is 5.94. The van der Waals surface area contributed by atoms with Gasteiger partial charge >= 0.3 is 0 Å². The molecule has 2 saturated heterocycles. The summed E-state index contributed by atoms with van der Waals surface area (Å²) in [6, 6.07) is 0.436. The van der Waals surface area contributed by atoms with Crippen molar-refractivity contribution in [3.05, 3.63) is 0 Å². The van der Waals surface area contributed by atoms with Crippen LogP contribution < -0.4 is 10.6 Å². The van der Waals surface area contributed by atoms with Gasteiger partial charge in [0.1, 0.15) is 0 Å². The zero-order chi connectivity index (χ0) is 16.6. The Hall–Kier alpha value is -0.810. The lowest BCUT2D eigenvalue weighted by Gasteiger charge is -2.38. The first-order valence-electron chi connectivity index (χ1n) is 10.0. The van der Waals surface area contributed by atoms with E-state index in [1.165, 1.54) is 25.7 Å². The van der Waals surface area contributed by atoms with Gasteiger partial charge in [-0.3, -0.25) is 9.59 Å². The van der Waals surface area contributed by atoms with Gasteiger partial charge in [0.2, 0.25) is 11.8 Å². The van der Waals surface area contributed by atoms with E-state index in [1.54, 1.807) is 0 Å². The zero-order valence-corrected chi connectivity index (χ0v) is 15.9. The molecule has 4 fully saturated rings. The Bertz CT molecular complexity index is 509. The van der Waals surface area contributed by atoms with Crippen LogP contribution in [0.3, 0.4) is 0 Å². The van der Waals surface area contributed by atoms with Crippen LogP contribution >= 0.6 is 12.4 Å². The van der Waals surface area contributed by atoms with E-state index in [0.29, 0.717) is 18.4 Å². The van der Waals surface area contributed by atoms with Crippen molar-refractivity contribution >= 4 is 24.2 Å². The minimum atomic E-state index is -0.209. The van der Waals surface area contributed by atoms with Crippen molar-refractivity contribution in [1.82, 2.24) is 15.5 Å². The lowest BCUT2D eigenvalue weighted by molar-refractivity contribution is -0.134. The lowest BCUT2D eigenvalue weighted by Crippen LogP contribution is -2.51. The quantitative estimate of drug-likeness (QED) is 0.802. The first-order valence-corrected chi connectivity index (χ1v) is 10.0. The van der Waals surface area contributed by atoms with Gasteiger partial charge in [0, 0.05) is 25.6 Å². The number of halogens is 1. The van der Waals surface area contributed by atoms with E-state index in [1.807, 2.05) is 0 Å². The van der Waals surface area contributed by atoms with Crippen molar-refractivity contribution in [3.8, 4) is 0 Å². The highest BCUT2D eigenvalue weighted by Crippen LogP contribution is 2.44. The molecule has 0 aromatic rings. The van der Waals surface area contributed by atoms with Gasteiger partial charge in [-0.2, -0.15) is 0 Å². The number of nitrogens with one attached hydrogen (secondary N) is 2. The molecule has 2 aliphatic heterocycles. The molecule has 0 aromatic heterocycles. The largest absolute Gasteiger partial charge is 0.351 e. The third-order valence-corrected chi connectivity index (χ3v) is 7.00. The van der Waals surface area contributed by atoms with Crippen LogP contribution in [0.5, 0.6) is 0 Å². The number of likely N-dealkylation sites (tertiary alicyclic amines) is 1. The van der Waals surface area contributed by atoms with Gasteiger partial charge in [-0.15, -0.1) is 12.4 Å². The third-order valence-electron chi connectivity index (χ3n) is 7.00. The summed E-state index contributed by atoms with van der Waals surface area (Å²) < 4.78 is 0. The smallest absolute Gasteiger partial charge is 0.228 e. The molecule has 4 aliphatic rings.